The molecule has 0 spiro atoms. The zero-order valence-corrected chi connectivity index (χ0v) is 19.1. The zero-order chi connectivity index (χ0) is 22.5. The van der Waals surface area contributed by atoms with Gasteiger partial charge >= 0.3 is 5.97 Å². The topological polar surface area (TPSA) is 90.0 Å². The van der Waals surface area contributed by atoms with Gasteiger partial charge in [-0.1, -0.05) is 0 Å². The van der Waals surface area contributed by atoms with Gasteiger partial charge < -0.3 is 29.0 Å². The van der Waals surface area contributed by atoms with Crippen LogP contribution in [0.5, 0.6) is 0 Å². The van der Waals surface area contributed by atoms with Crippen LogP contribution in [-0.2, 0) is 31.8 Å². The highest BCUT2D eigenvalue weighted by molar-refractivity contribution is 5.95. The monoisotopic (exact) mass is 445 g/mol. The minimum atomic E-state index is -0.924. The third-order valence-electron chi connectivity index (χ3n) is 6.27. The fourth-order valence-electron chi connectivity index (χ4n) is 4.67. The Bertz CT molecular complexity index is 897. The summed E-state index contributed by atoms with van der Waals surface area (Å²) in [6.45, 7) is 5.62. The summed E-state index contributed by atoms with van der Waals surface area (Å²) in [5.74, 6) is -0.924. The summed E-state index contributed by atoms with van der Waals surface area (Å²) in [6, 6.07) is 5.24. The predicted octanol–water partition coefficient (Wildman–Crippen LogP) is 4.81. The number of hydrogen-bond donors (Lipinski definition) is 2. The lowest BCUT2D eigenvalue weighted by Gasteiger charge is -2.27. The molecule has 1 aromatic carbocycles. The minimum absolute atomic E-state index is 0.0261. The first-order valence-corrected chi connectivity index (χ1v) is 11.9. The maximum absolute atomic E-state index is 11.6. The fraction of sp³-hybridized carbons (Fsp3) is 0.640. The molecule has 176 valence electrons. The van der Waals surface area contributed by atoms with Crippen LogP contribution < -0.4 is 0 Å². The van der Waals surface area contributed by atoms with Gasteiger partial charge in [-0.2, -0.15) is 0 Å². The molecule has 32 heavy (non-hydrogen) atoms. The summed E-state index contributed by atoms with van der Waals surface area (Å²) >= 11 is 0. The Balaban J connectivity index is 1.53. The number of hydrogen-bond acceptors (Lipinski definition) is 5. The summed E-state index contributed by atoms with van der Waals surface area (Å²) in [5.41, 5.74) is 3.37. The van der Waals surface area contributed by atoms with Gasteiger partial charge in [0.25, 0.3) is 0 Å². The van der Waals surface area contributed by atoms with E-state index in [1.165, 1.54) is 0 Å². The number of aromatic amines is 1. The molecule has 0 amide bonds. The molecule has 2 aliphatic rings. The van der Waals surface area contributed by atoms with Gasteiger partial charge in [-0.3, -0.25) is 0 Å². The number of carboxylic acid groups (broad SMARTS) is 1. The fourth-order valence-corrected chi connectivity index (χ4v) is 4.67. The van der Waals surface area contributed by atoms with Crippen LogP contribution in [0.25, 0.3) is 10.9 Å². The van der Waals surface area contributed by atoms with E-state index in [0.29, 0.717) is 12.8 Å². The number of fused-ring (bicyclic) bond motifs is 1. The van der Waals surface area contributed by atoms with Crippen LogP contribution in [0.4, 0.5) is 0 Å². The van der Waals surface area contributed by atoms with Gasteiger partial charge in [0.05, 0.1) is 17.8 Å². The van der Waals surface area contributed by atoms with E-state index in [2.05, 4.69) is 18.8 Å². The molecule has 2 saturated heterocycles. The largest absolute Gasteiger partial charge is 0.478 e. The molecule has 2 aromatic rings. The highest BCUT2D eigenvalue weighted by atomic mass is 16.7. The van der Waals surface area contributed by atoms with Gasteiger partial charge in [0, 0.05) is 42.7 Å². The number of benzene rings is 1. The second kappa shape index (κ2) is 10.8. The summed E-state index contributed by atoms with van der Waals surface area (Å²) in [4.78, 5) is 15.1. The average Bonchev–Trinajstić information content (AvgIpc) is 3.11. The number of aromatic nitrogens is 1. The lowest BCUT2D eigenvalue weighted by atomic mass is 10.0. The zero-order valence-electron chi connectivity index (χ0n) is 19.1. The third-order valence-corrected chi connectivity index (χ3v) is 6.27. The van der Waals surface area contributed by atoms with Crippen molar-refractivity contribution in [2.45, 2.75) is 90.0 Å². The maximum atomic E-state index is 11.6. The van der Waals surface area contributed by atoms with Gasteiger partial charge in [-0.05, 0) is 76.1 Å². The van der Waals surface area contributed by atoms with E-state index < -0.39 is 5.97 Å². The number of rotatable bonds is 9. The average molecular weight is 446 g/mol. The first-order valence-electron chi connectivity index (χ1n) is 11.9. The van der Waals surface area contributed by atoms with Crippen LogP contribution >= 0.6 is 0 Å². The van der Waals surface area contributed by atoms with Crippen molar-refractivity contribution < 1.29 is 28.8 Å². The van der Waals surface area contributed by atoms with Crippen LogP contribution in [0.2, 0.25) is 0 Å². The number of carboxylic acids is 1. The van der Waals surface area contributed by atoms with E-state index >= 15 is 0 Å². The van der Waals surface area contributed by atoms with E-state index in [0.717, 1.165) is 73.9 Å². The maximum Gasteiger partial charge on any atom is 0.335 e. The minimum Gasteiger partial charge on any atom is -0.478 e. The van der Waals surface area contributed by atoms with E-state index in [1.54, 1.807) is 12.1 Å². The Morgan fingerprint density at radius 3 is 2.22 bits per heavy atom. The first kappa shape index (κ1) is 23.2. The second-order valence-corrected chi connectivity index (χ2v) is 9.04. The number of carbonyl (C=O) groups is 1. The molecule has 0 saturated carbocycles. The molecule has 0 aliphatic carbocycles. The van der Waals surface area contributed by atoms with Gasteiger partial charge in [-0.15, -0.1) is 0 Å². The SMILES string of the molecule is CC(Cc1[nH]c2ccc(C(=O)O)cc2c1CC(C)OC1CCCCO1)OC1CCCCO1. The molecule has 2 aliphatic heterocycles. The van der Waals surface area contributed by atoms with Crippen molar-refractivity contribution in [3.05, 3.63) is 35.0 Å². The van der Waals surface area contributed by atoms with Crippen LogP contribution in [0, 0.1) is 0 Å². The Labute approximate surface area is 189 Å². The molecular weight excluding hydrogens is 410 g/mol. The molecule has 2 N–H and O–H groups in total. The second-order valence-electron chi connectivity index (χ2n) is 9.04. The lowest BCUT2D eigenvalue weighted by Crippen LogP contribution is -2.28. The third kappa shape index (κ3) is 5.90. The summed E-state index contributed by atoms with van der Waals surface area (Å²) in [7, 11) is 0. The molecule has 2 fully saturated rings. The van der Waals surface area contributed by atoms with Gasteiger partial charge in [-0.25, -0.2) is 4.79 Å². The molecule has 1 aromatic heterocycles. The smallest absolute Gasteiger partial charge is 0.335 e. The van der Waals surface area contributed by atoms with Gasteiger partial charge in [0.15, 0.2) is 12.6 Å². The molecule has 0 bridgehead atoms. The molecule has 7 heteroatoms. The van der Waals surface area contributed by atoms with E-state index in [-0.39, 0.29) is 30.4 Å². The van der Waals surface area contributed by atoms with E-state index in [4.69, 9.17) is 18.9 Å². The summed E-state index contributed by atoms with van der Waals surface area (Å²) < 4.78 is 23.8. The molecule has 4 atom stereocenters. The summed E-state index contributed by atoms with van der Waals surface area (Å²) in [5, 5.41) is 10.4. The first-order chi connectivity index (χ1) is 15.5. The summed E-state index contributed by atoms with van der Waals surface area (Å²) in [6.07, 6.45) is 7.26. The number of ether oxygens (including phenoxy) is 4. The number of H-pyrrole nitrogens is 1. The van der Waals surface area contributed by atoms with Crippen LogP contribution in [0.3, 0.4) is 0 Å². The van der Waals surface area contributed by atoms with Crippen molar-refractivity contribution >= 4 is 16.9 Å². The predicted molar refractivity (Wildman–Crippen MR) is 121 cm³/mol. The van der Waals surface area contributed by atoms with Gasteiger partial charge in [0.1, 0.15) is 0 Å². The van der Waals surface area contributed by atoms with Crippen molar-refractivity contribution in [1.29, 1.82) is 0 Å². The van der Waals surface area contributed by atoms with Crippen molar-refractivity contribution in [3.8, 4) is 0 Å². The van der Waals surface area contributed by atoms with Crippen molar-refractivity contribution in [3.63, 3.8) is 0 Å². The quantitative estimate of drug-likeness (QED) is 0.575. The molecule has 4 rings (SSSR count). The number of nitrogens with one attached hydrogen (secondary N) is 1. The Morgan fingerprint density at radius 2 is 1.66 bits per heavy atom. The van der Waals surface area contributed by atoms with Crippen molar-refractivity contribution in [2.24, 2.45) is 0 Å². The Hall–Kier alpha value is -1.93. The molecule has 0 radical (unpaired) electrons. The lowest BCUT2D eigenvalue weighted by molar-refractivity contribution is -0.185. The Morgan fingerprint density at radius 1 is 1.03 bits per heavy atom. The molecule has 4 unspecified atom stereocenters. The van der Waals surface area contributed by atoms with E-state index in [9.17, 15) is 9.90 Å². The van der Waals surface area contributed by atoms with Gasteiger partial charge in [0.2, 0.25) is 0 Å². The van der Waals surface area contributed by atoms with E-state index in [1.807, 2.05) is 6.07 Å². The molecule has 3 heterocycles. The van der Waals surface area contributed by atoms with Crippen molar-refractivity contribution in [1.82, 2.24) is 4.98 Å². The molecule has 7 nitrogen and oxygen atoms in total. The van der Waals surface area contributed by atoms with Crippen LogP contribution in [0.1, 0.15) is 74.0 Å². The standard InChI is InChI=1S/C25H35NO6/c1-16(31-23-7-3-5-11-29-23)13-19-20-15-18(25(27)28)9-10-21(20)26-22(19)14-17(2)32-24-8-4-6-12-30-24/h9-10,15-17,23-24,26H,3-8,11-14H2,1-2H3,(H,27,28). The van der Waals surface area contributed by atoms with Crippen LogP contribution in [-0.4, -0.2) is 54.1 Å². The normalized spacial score (nSPS) is 23.8. The highest BCUT2D eigenvalue weighted by Crippen LogP contribution is 2.28. The molecular formula is C25H35NO6. The van der Waals surface area contributed by atoms with Crippen molar-refractivity contribution in [2.75, 3.05) is 13.2 Å². The number of aromatic carboxylic acids is 1. The van der Waals surface area contributed by atoms with Crippen LogP contribution in [0.15, 0.2) is 18.2 Å². The Kier molecular flexibility index (Phi) is 7.84. The highest BCUT2D eigenvalue weighted by Gasteiger charge is 2.23.